The number of nitrogens with one attached hydrogen (secondary N) is 1. The minimum Gasteiger partial charge on any atom is -0.480 e. The van der Waals surface area contributed by atoms with Crippen LogP contribution >= 0.6 is 22.7 Å². The van der Waals surface area contributed by atoms with Crippen LogP contribution in [0.1, 0.15) is 36.1 Å². The van der Waals surface area contributed by atoms with E-state index in [1.54, 1.807) is 49.9 Å². The molecule has 0 aliphatic carbocycles. The molecule has 168 valence electrons. The quantitative estimate of drug-likeness (QED) is 0.470. The smallest absolute Gasteiger partial charge is 0.408 e. The van der Waals surface area contributed by atoms with E-state index >= 15 is 0 Å². The molecule has 0 spiro atoms. The number of aromatic nitrogens is 3. The second-order valence-electron chi connectivity index (χ2n) is 7.67. The molecule has 12 heteroatoms. The summed E-state index contributed by atoms with van der Waals surface area (Å²) in [5.41, 5.74) is 6.36. The molecule has 0 aromatic carbocycles. The van der Waals surface area contributed by atoms with Gasteiger partial charge in [0.2, 0.25) is 0 Å². The standard InChI is InChI=1S/C20H21N5O5S2/c1-20(2,3)30-19(29)25-11(18(27)28)7-14-23-13(9-31-14)17-24-12(8-32-17)15-10(16(21)26)5-4-6-22-15/h4-6,8-9,11H,7H2,1-3H3,(H2,21,26)(H,25,29)(H,27,28). The molecule has 0 fully saturated rings. The van der Waals surface area contributed by atoms with Gasteiger partial charge < -0.3 is 20.9 Å². The Bertz CT molecular complexity index is 1150. The lowest BCUT2D eigenvalue weighted by Gasteiger charge is -2.21. The number of ether oxygens (including phenoxy) is 1. The number of carbonyl (C=O) groups excluding carboxylic acids is 2. The molecule has 10 nitrogen and oxygen atoms in total. The number of carboxylic acid groups (broad SMARTS) is 1. The van der Waals surface area contributed by atoms with Gasteiger partial charge in [0.05, 0.1) is 10.6 Å². The number of amides is 2. The van der Waals surface area contributed by atoms with Gasteiger partial charge in [-0.1, -0.05) is 0 Å². The lowest BCUT2D eigenvalue weighted by molar-refractivity contribution is -0.139. The molecule has 1 unspecified atom stereocenters. The summed E-state index contributed by atoms with van der Waals surface area (Å²) in [5, 5.41) is 16.4. The van der Waals surface area contributed by atoms with E-state index in [2.05, 4.69) is 20.3 Å². The van der Waals surface area contributed by atoms with Crippen molar-refractivity contribution < 1.29 is 24.2 Å². The van der Waals surface area contributed by atoms with Crippen LogP contribution in [-0.4, -0.2) is 49.7 Å². The molecular weight excluding hydrogens is 454 g/mol. The molecule has 0 bridgehead atoms. The van der Waals surface area contributed by atoms with Crippen LogP contribution in [0.25, 0.3) is 22.1 Å². The Balaban J connectivity index is 1.75. The van der Waals surface area contributed by atoms with Crippen LogP contribution in [0.2, 0.25) is 0 Å². The van der Waals surface area contributed by atoms with Crippen molar-refractivity contribution in [1.29, 1.82) is 0 Å². The largest absolute Gasteiger partial charge is 0.480 e. The normalized spacial score (nSPS) is 12.2. The number of pyridine rings is 1. The fraction of sp³-hybridized carbons (Fsp3) is 0.300. The first kappa shape index (κ1) is 23.3. The molecule has 0 aliphatic rings. The highest BCUT2D eigenvalue weighted by Gasteiger charge is 2.25. The number of aliphatic carboxylic acids is 1. The minimum absolute atomic E-state index is 0.0104. The van der Waals surface area contributed by atoms with Crippen LogP contribution in [0.3, 0.4) is 0 Å². The highest BCUT2D eigenvalue weighted by Crippen LogP contribution is 2.30. The van der Waals surface area contributed by atoms with E-state index in [0.717, 1.165) is 0 Å². The zero-order valence-electron chi connectivity index (χ0n) is 17.5. The van der Waals surface area contributed by atoms with Crippen molar-refractivity contribution in [3.05, 3.63) is 39.7 Å². The number of nitrogens with two attached hydrogens (primary N) is 1. The predicted octanol–water partition coefficient (Wildman–Crippen LogP) is 2.95. The third-order valence-electron chi connectivity index (χ3n) is 3.96. The fourth-order valence-electron chi connectivity index (χ4n) is 2.64. The first-order valence-electron chi connectivity index (χ1n) is 9.41. The number of thiazole rings is 2. The fourth-order valence-corrected chi connectivity index (χ4v) is 4.30. The van der Waals surface area contributed by atoms with Crippen molar-refractivity contribution >= 4 is 40.6 Å². The van der Waals surface area contributed by atoms with E-state index in [-0.39, 0.29) is 12.0 Å². The van der Waals surface area contributed by atoms with Crippen molar-refractivity contribution in [3.8, 4) is 22.1 Å². The van der Waals surface area contributed by atoms with Crippen molar-refractivity contribution in [2.75, 3.05) is 0 Å². The van der Waals surface area contributed by atoms with Gasteiger partial charge in [0.1, 0.15) is 33.7 Å². The van der Waals surface area contributed by atoms with Crippen molar-refractivity contribution in [3.63, 3.8) is 0 Å². The summed E-state index contributed by atoms with van der Waals surface area (Å²) in [6.45, 7) is 5.07. The molecule has 3 aromatic heterocycles. The third-order valence-corrected chi connectivity index (χ3v) is 5.69. The molecule has 1 atom stereocenters. The lowest BCUT2D eigenvalue weighted by Crippen LogP contribution is -2.44. The van der Waals surface area contributed by atoms with Crippen molar-refractivity contribution in [1.82, 2.24) is 20.3 Å². The van der Waals surface area contributed by atoms with Crippen LogP contribution in [0, 0.1) is 0 Å². The van der Waals surface area contributed by atoms with Crippen molar-refractivity contribution in [2.24, 2.45) is 5.73 Å². The summed E-state index contributed by atoms with van der Waals surface area (Å²) >= 11 is 2.56. The molecule has 0 radical (unpaired) electrons. The molecular formula is C20H21N5O5S2. The molecule has 3 heterocycles. The highest BCUT2D eigenvalue weighted by molar-refractivity contribution is 7.14. The lowest BCUT2D eigenvalue weighted by atomic mass is 10.1. The molecule has 0 saturated heterocycles. The SMILES string of the molecule is CC(C)(C)OC(=O)NC(Cc1nc(-c2nc(-c3ncccc3C(N)=O)cs2)cs1)C(=O)O. The van der Waals surface area contributed by atoms with Gasteiger partial charge in [0, 0.05) is 23.4 Å². The van der Waals surface area contributed by atoms with E-state index in [4.69, 9.17) is 10.5 Å². The van der Waals surface area contributed by atoms with E-state index in [1.807, 2.05) is 0 Å². The van der Waals surface area contributed by atoms with E-state index in [1.165, 1.54) is 22.7 Å². The Hall–Kier alpha value is -3.38. The van der Waals surface area contributed by atoms with Crippen LogP contribution in [0.15, 0.2) is 29.1 Å². The maximum atomic E-state index is 11.9. The highest BCUT2D eigenvalue weighted by atomic mass is 32.1. The monoisotopic (exact) mass is 475 g/mol. The first-order chi connectivity index (χ1) is 15.0. The Morgan fingerprint density at radius 3 is 2.56 bits per heavy atom. The Morgan fingerprint density at radius 2 is 1.91 bits per heavy atom. The van der Waals surface area contributed by atoms with Gasteiger partial charge >= 0.3 is 12.1 Å². The van der Waals surface area contributed by atoms with Gasteiger partial charge in [-0.15, -0.1) is 22.7 Å². The third kappa shape index (κ3) is 5.86. The first-order valence-corrected chi connectivity index (χ1v) is 11.2. The number of hydrogen-bond acceptors (Lipinski definition) is 9. The van der Waals surface area contributed by atoms with E-state index in [9.17, 15) is 19.5 Å². The zero-order valence-corrected chi connectivity index (χ0v) is 19.1. The van der Waals surface area contributed by atoms with Crippen LogP contribution in [-0.2, 0) is 16.0 Å². The van der Waals surface area contributed by atoms with Gasteiger partial charge in [0.15, 0.2) is 0 Å². The summed E-state index contributed by atoms with van der Waals surface area (Å²) in [4.78, 5) is 48.3. The van der Waals surface area contributed by atoms with Crippen LogP contribution in [0.5, 0.6) is 0 Å². The molecule has 0 saturated carbocycles. The maximum Gasteiger partial charge on any atom is 0.408 e. The number of carbonyl (C=O) groups is 3. The average Bonchev–Trinajstić information content (AvgIpc) is 3.35. The van der Waals surface area contributed by atoms with Crippen molar-refractivity contribution in [2.45, 2.75) is 38.8 Å². The number of alkyl carbamates (subject to hydrolysis) is 1. The number of carboxylic acids is 1. The van der Waals surface area contributed by atoms with Crippen LogP contribution < -0.4 is 11.1 Å². The predicted molar refractivity (Wildman–Crippen MR) is 119 cm³/mol. The molecule has 2 amide bonds. The Morgan fingerprint density at radius 1 is 1.19 bits per heavy atom. The molecule has 32 heavy (non-hydrogen) atoms. The average molecular weight is 476 g/mol. The summed E-state index contributed by atoms with van der Waals surface area (Å²) in [6.07, 6.45) is 0.724. The Labute approximate surface area is 191 Å². The molecule has 4 N–H and O–H groups in total. The van der Waals surface area contributed by atoms with Crippen LogP contribution in [0.4, 0.5) is 4.79 Å². The summed E-state index contributed by atoms with van der Waals surface area (Å²) in [7, 11) is 0. The number of nitrogens with zero attached hydrogens (tertiary/aromatic N) is 3. The van der Waals surface area contributed by atoms with Gasteiger partial charge in [-0.05, 0) is 32.9 Å². The molecule has 3 aromatic rings. The minimum atomic E-state index is -1.20. The topological polar surface area (TPSA) is 157 Å². The summed E-state index contributed by atoms with van der Waals surface area (Å²) < 4.78 is 5.12. The molecule has 0 aliphatic heterocycles. The number of primary amides is 1. The van der Waals surface area contributed by atoms with E-state index < -0.39 is 29.6 Å². The number of rotatable bonds is 7. The summed E-state index contributed by atoms with van der Waals surface area (Å²) in [6, 6.07) is 2.00. The zero-order chi connectivity index (χ0) is 23.5. The second-order valence-corrected chi connectivity index (χ2v) is 9.47. The van der Waals surface area contributed by atoms with Gasteiger partial charge in [-0.2, -0.15) is 0 Å². The van der Waals surface area contributed by atoms with E-state index in [0.29, 0.717) is 27.1 Å². The maximum absolute atomic E-state index is 11.9. The second kappa shape index (κ2) is 9.40. The Kier molecular flexibility index (Phi) is 6.84. The van der Waals surface area contributed by atoms with Gasteiger partial charge in [0.25, 0.3) is 5.91 Å². The number of hydrogen-bond donors (Lipinski definition) is 3. The molecule has 3 rings (SSSR count). The summed E-state index contributed by atoms with van der Waals surface area (Å²) in [5.74, 6) is -1.80. The van der Waals surface area contributed by atoms with Gasteiger partial charge in [-0.3, -0.25) is 9.78 Å². The van der Waals surface area contributed by atoms with Gasteiger partial charge in [-0.25, -0.2) is 19.6 Å².